The summed E-state index contributed by atoms with van der Waals surface area (Å²) in [6.07, 6.45) is -0.534. The molecule has 0 bridgehead atoms. The van der Waals surface area contributed by atoms with Crippen LogP contribution < -0.4 is 15.4 Å². The number of hydrogen-bond acceptors (Lipinski definition) is 5. The van der Waals surface area contributed by atoms with E-state index in [-0.39, 0.29) is 18.2 Å². The largest absolute Gasteiger partial charge is 0.506 e. The van der Waals surface area contributed by atoms with Gasteiger partial charge in [0.1, 0.15) is 24.2 Å². The molecule has 0 radical (unpaired) electrons. The van der Waals surface area contributed by atoms with Crippen LogP contribution in [0.25, 0.3) is 0 Å². The van der Waals surface area contributed by atoms with E-state index in [1.54, 1.807) is 37.4 Å². The number of carbonyl (C=O) groups is 2. The van der Waals surface area contributed by atoms with Gasteiger partial charge in [-0.1, -0.05) is 36.4 Å². The summed E-state index contributed by atoms with van der Waals surface area (Å²) < 4.78 is 5.21. The number of hydrogen-bond donors (Lipinski definition) is 3. The fraction of sp³-hybridized carbons (Fsp3) is 0.130. The van der Waals surface area contributed by atoms with Gasteiger partial charge >= 0.3 is 0 Å². The molecule has 0 unspecified atom stereocenters. The van der Waals surface area contributed by atoms with Crippen molar-refractivity contribution in [1.29, 1.82) is 0 Å². The second kappa shape index (κ2) is 8.16. The van der Waals surface area contributed by atoms with Crippen LogP contribution in [0.4, 0.5) is 11.4 Å². The number of benzene rings is 3. The molecule has 3 aromatic carbocycles. The summed E-state index contributed by atoms with van der Waals surface area (Å²) in [5.41, 5.74) is 2.31. The first-order chi connectivity index (χ1) is 14.6. The Morgan fingerprint density at radius 2 is 1.77 bits per heavy atom. The molecular formula is C23H21N3O4. The van der Waals surface area contributed by atoms with E-state index in [9.17, 15) is 14.7 Å². The average Bonchev–Trinajstić information content (AvgIpc) is 2.77. The number of anilines is 2. The number of methoxy groups -OCH3 is 1. The zero-order valence-electron chi connectivity index (χ0n) is 16.3. The molecule has 0 saturated heterocycles. The Balaban J connectivity index is 1.63. The van der Waals surface area contributed by atoms with Gasteiger partial charge in [0.25, 0.3) is 5.91 Å². The van der Waals surface area contributed by atoms with Gasteiger partial charge in [-0.15, -0.1) is 0 Å². The number of rotatable bonds is 5. The molecule has 7 nitrogen and oxygen atoms in total. The zero-order valence-corrected chi connectivity index (χ0v) is 16.3. The lowest BCUT2D eigenvalue weighted by molar-refractivity contribution is -0.117. The summed E-state index contributed by atoms with van der Waals surface area (Å²) in [4.78, 5) is 27.4. The number of ether oxygens (including phenoxy) is 1. The highest BCUT2D eigenvalue weighted by atomic mass is 16.5. The maximum absolute atomic E-state index is 13.2. The standard InChI is InChI=1S/C23H21N3O4/c1-30-16-12-10-15(11-13-16)22-25-18-7-3-2-6-17(18)23(29)26(22)14-21(28)24-19-8-4-5-9-20(19)27/h2-13,22,25,27H,14H2,1H3,(H,24,28)/t22-/m0/s1. The number of para-hydroxylation sites is 3. The minimum atomic E-state index is -0.534. The van der Waals surface area contributed by atoms with E-state index in [0.717, 1.165) is 5.56 Å². The van der Waals surface area contributed by atoms with Crippen LogP contribution in [0.5, 0.6) is 11.5 Å². The van der Waals surface area contributed by atoms with Crippen LogP contribution in [0.1, 0.15) is 22.1 Å². The van der Waals surface area contributed by atoms with Crippen LogP contribution in [0.15, 0.2) is 72.8 Å². The molecule has 0 fully saturated rings. The van der Waals surface area contributed by atoms with Gasteiger partial charge in [0.2, 0.25) is 5.91 Å². The summed E-state index contributed by atoms with van der Waals surface area (Å²) in [5.74, 6) is -0.00160. The molecule has 2 amide bonds. The van der Waals surface area contributed by atoms with Crippen LogP contribution in [0.2, 0.25) is 0 Å². The first-order valence-corrected chi connectivity index (χ1v) is 9.45. The third-order valence-corrected chi connectivity index (χ3v) is 4.95. The molecule has 0 aliphatic carbocycles. The summed E-state index contributed by atoms with van der Waals surface area (Å²) in [5, 5.41) is 15.9. The van der Waals surface area contributed by atoms with Crippen LogP contribution in [0.3, 0.4) is 0 Å². The second-order valence-corrected chi connectivity index (χ2v) is 6.86. The third kappa shape index (κ3) is 3.77. The van der Waals surface area contributed by atoms with Gasteiger partial charge in [-0.25, -0.2) is 0 Å². The Hall–Kier alpha value is -4.00. The van der Waals surface area contributed by atoms with Crippen molar-refractivity contribution in [3.63, 3.8) is 0 Å². The number of fused-ring (bicyclic) bond motifs is 1. The molecule has 1 aliphatic heterocycles. The quantitative estimate of drug-likeness (QED) is 0.566. The Bertz CT molecular complexity index is 1080. The number of carbonyl (C=O) groups excluding carboxylic acids is 2. The Morgan fingerprint density at radius 3 is 2.50 bits per heavy atom. The molecule has 30 heavy (non-hydrogen) atoms. The molecule has 7 heteroatoms. The monoisotopic (exact) mass is 403 g/mol. The van der Waals surface area contributed by atoms with Crippen molar-refractivity contribution in [3.8, 4) is 11.5 Å². The van der Waals surface area contributed by atoms with Crippen molar-refractivity contribution in [2.75, 3.05) is 24.3 Å². The van der Waals surface area contributed by atoms with Crippen molar-refractivity contribution < 1.29 is 19.4 Å². The van der Waals surface area contributed by atoms with Gasteiger partial charge in [-0.2, -0.15) is 0 Å². The minimum absolute atomic E-state index is 0.0361. The molecule has 0 spiro atoms. The van der Waals surface area contributed by atoms with E-state index in [2.05, 4.69) is 10.6 Å². The molecule has 3 aromatic rings. The number of amides is 2. The van der Waals surface area contributed by atoms with Crippen LogP contribution in [0, 0.1) is 0 Å². The molecule has 0 saturated carbocycles. The van der Waals surface area contributed by atoms with Gasteiger partial charge in [-0.3, -0.25) is 9.59 Å². The molecule has 3 N–H and O–H groups in total. The molecule has 4 rings (SSSR count). The predicted molar refractivity (Wildman–Crippen MR) is 114 cm³/mol. The van der Waals surface area contributed by atoms with Crippen LogP contribution in [-0.2, 0) is 4.79 Å². The smallest absolute Gasteiger partial charge is 0.258 e. The fourth-order valence-corrected chi connectivity index (χ4v) is 3.43. The lowest BCUT2D eigenvalue weighted by Gasteiger charge is -2.37. The number of phenolic OH excluding ortho intramolecular Hbond substituents is 1. The summed E-state index contributed by atoms with van der Waals surface area (Å²) in [6, 6.07) is 21.0. The highest BCUT2D eigenvalue weighted by Crippen LogP contribution is 2.33. The van der Waals surface area contributed by atoms with Crippen molar-refractivity contribution >= 4 is 23.2 Å². The number of nitrogens with one attached hydrogen (secondary N) is 2. The van der Waals surface area contributed by atoms with Crippen molar-refractivity contribution in [1.82, 2.24) is 4.90 Å². The molecule has 152 valence electrons. The van der Waals surface area contributed by atoms with E-state index in [1.165, 1.54) is 11.0 Å². The van der Waals surface area contributed by atoms with Crippen molar-refractivity contribution in [3.05, 3.63) is 83.9 Å². The lowest BCUT2D eigenvalue weighted by Crippen LogP contribution is -2.46. The maximum atomic E-state index is 13.2. The van der Waals surface area contributed by atoms with Gasteiger partial charge in [0, 0.05) is 5.69 Å². The van der Waals surface area contributed by atoms with E-state index >= 15 is 0 Å². The highest BCUT2D eigenvalue weighted by molar-refractivity contribution is 6.04. The highest BCUT2D eigenvalue weighted by Gasteiger charge is 2.34. The van der Waals surface area contributed by atoms with Gasteiger partial charge in [-0.05, 0) is 42.0 Å². The van der Waals surface area contributed by atoms with E-state index in [1.807, 2.05) is 36.4 Å². The van der Waals surface area contributed by atoms with E-state index in [4.69, 9.17) is 4.74 Å². The molecule has 0 aromatic heterocycles. The summed E-state index contributed by atoms with van der Waals surface area (Å²) in [7, 11) is 1.59. The first kappa shape index (κ1) is 19.3. The number of phenols is 1. The van der Waals surface area contributed by atoms with Gasteiger partial charge in [0.05, 0.1) is 18.4 Å². The SMILES string of the molecule is COc1ccc([C@H]2Nc3ccccc3C(=O)N2CC(=O)Nc2ccccc2O)cc1. The number of nitrogens with zero attached hydrogens (tertiary/aromatic N) is 1. The van der Waals surface area contributed by atoms with E-state index in [0.29, 0.717) is 22.7 Å². The molecule has 1 heterocycles. The topological polar surface area (TPSA) is 90.9 Å². The molecule has 1 aliphatic rings. The Labute approximate surface area is 173 Å². The van der Waals surface area contributed by atoms with Crippen LogP contribution in [-0.4, -0.2) is 35.5 Å². The van der Waals surface area contributed by atoms with Crippen LogP contribution >= 0.6 is 0 Å². The van der Waals surface area contributed by atoms with Crippen molar-refractivity contribution in [2.45, 2.75) is 6.17 Å². The number of aromatic hydroxyl groups is 1. The first-order valence-electron chi connectivity index (χ1n) is 9.45. The lowest BCUT2D eigenvalue weighted by atomic mass is 10.0. The van der Waals surface area contributed by atoms with E-state index < -0.39 is 12.1 Å². The van der Waals surface area contributed by atoms with Gasteiger partial charge < -0.3 is 25.4 Å². The maximum Gasteiger partial charge on any atom is 0.258 e. The molecule has 1 atom stereocenters. The normalized spacial score (nSPS) is 15.2. The summed E-state index contributed by atoms with van der Waals surface area (Å²) >= 11 is 0. The minimum Gasteiger partial charge on any atom is -0.506 e. The predicted octanol–water partition coefficient (Wildman–Crippen LogP) is 3.61. The average molecular weight is 403 g/mol. The van der Waals surface area contributed by atoms with Crippen molar-refractivity contribution in [2.24, 2.45) is 0 Å². The van der Waals surface area contributed by atoms with Gasteiger partial charge in [0.15, 0.2) is 0 Å². The third-order valence-electron chi connectivity index (χ3n) is 4.95. The Kier molecular flexibility index (Phi) is 5.26. The molecular weight excluding hydrogens is 382 g/mol. The Morgan fingerprint density at radius 1 is 1.07 bits per heavy atom. The fourth-order valence-electron chi connectivity index (χ4n) is 3.43. The zero-order chi connectivity index (χ0) is 21.1. The second-order valence-electron chi connectivity index (χ2n) is 6.86. The summed E-state index contributed by atoms with van der Waals surface area (Å²) in [6.45, 7) is -0.189.